The minimum atomic E-state index is -0.504. The average Bonchev–Trinajstić information content (AvgIpc) is 2.87. The van der Waals surface area contributed by atoms with Gasteiger partial charge in [0.15, 0.2) is 0 Å². The summed E-state index contributed by atoms with van der Waals surface area (Å²) in [5.41, 5.74) is 3.69. The fourth-order valence-electron chi connectivity index (χ4n) is 4.23. The van der Waals surface area contributed by atoms with E-state index in [0.717, 1.165) is 5.56 Å². The van der Waals surface area contributed by atoms with Gasteiger partial charge >= 0.3 is 0 Å². The van der Waals surface area contributed by atoms with E-state index in [9.17, 15) is 14.0 Å². The first kappa shape index (κ1) is 28.3. The topological polar surface area (TPSA) is 72.4 Å². The molecular weight excluding hydrogens is 513 g/mol. The van der Waals surface area contributed by atoms with Crippen molar-refractivity contribution in [3.05, 3.63) is 80.0 Å². The molecule has 0 atom stereocenters. The predicted octanol–water partition coefficient (Wildman–Crippen LogP) is 7.08. The first-order valence-corrected chi connectivity index (χ1v) is 13.4. The highest BCUT2D eigenvalue weighted by Crippen LogP contribution is 2.43. The Balaban J connectivity index is 2.44. The molecule has 3 rings (SSSR count). The fraction of sp³-hybridized carbons (Fsp3) is 0.286. The number of nitrogens with zero attached hydrogens (tertiary/aromatic N) is 1. The van der Waals surface area contributed by atoms with E-state index in [1.54, 1.807) is 30.5 Å². The minimum Gasteiger partial charge on any atom is -0.495 e. The van der Waals surface area contributed by atoms with E-state index in [1.165, 1.54) is 25.1 Å². The summed E-state index contributed by atoms with van der Waals surface area (Å²) in [7, 11) is 1.46. The van der Waals surface area contributed by atoms with Crippen LogP contribution in [-0.4, -0.2) is 24.2 Å². The van der Waals surface area contributed by atoms with Crippen molar-refractivity contribution in [2.45, 2.75) is 40.7 Å². The van der Waals surface area contributed by atoms with Crippen molar-refractivity contribution >= 4 is 46.9 Å². The van der Waals surface area contributed by atoms with Crippen LogP contribution >= 0.6 is 23.5 Å². The average molecular weight is 544 g/mol. The number of aldehydes is 1. The Labute approximate surface area is 226 Å². The Kier molecular flexibility index (Phi) is 9.45. The fourth-order valence-corrected chi connectivity index (χ4v) is 4.94. The van der Waals surface area contributed by atoms with Crippen molar-refractivity contribution in [3.8, 4) is 16.9 Å². The second-order valence-electron chi connectivity index (χ2n) is 8.58. The molecule has 1 heterocycles. The van der Waals surface area contributed by atoms with Crippen molar-refractivity contribution in [2.24, 2.45) is 0 Å². The Morgan fingerprint density at radius 3 is 2.54 bits per heavy atom. The molecule has 0 amide bonds. The van der Waals surface area contributed by atoms with Gasteiger partial charge in [0, 0.05) is 35.2 Å². The highest BCUT2D eigenvalue weighted by Gasteiger charge is 2.27. The Hall–Kier alpha value is -3.23. The molecule has 0 bridgehead atoms. The van der Waals surface area contributed by atoms with Crippen LogP contribution in [-0.2, 0) is 11.3 Å². The number of ether oxygens (including phenoxy) is 1. The summed E-state index contributed by atoms with van der Waals surface area (Å²) in [4.78, 5) is 25.9. The third-order valence-electron chi connectivity index (χ3n) is 6.02. The van der Waals surface area contributed by atoms with Gasteiger partial charge in [0.25, 0.3) is 5.56 Å². The molecule has 0 aliphatic rings. The van der Waals surface area contributed by atoms with Crippen molar-refractivity contribution < 1.29 is 13.9 Å². The molecule has 1 aromatic heterocycles. The van der Waals surface area contributed by atoms with Gasteiger partial charge in [0.1, 0.15) is 23.4 Å². The molecular formula is C28H31ClFN3O3S. The number of methoxy groups -OCH3 is 1. The zero-order valence-electron chi connectivity index (χ0n) is 21.8. The van der Waals surface area contributed by atoms with E-state index in [4.69, 9.17) is 16.3 Å². The van der Waals surface area contributed by atoms with Gasteiger partial charge in [-0.15, -0.1) is 0 Å². The maximum atomic E-state index is 14.8. The molecule has 0 saturated carbocycles. The van der Waals surface area contributed by atoms with Gasteiger partial charge in [-0.05, 0) is 51.0 Å². The third-order valence-corrected chi connectivity index (χ3v) is 6.85. The van der Waals surface area contributed by atoms with Crippen LogP contribution in [0.2, 0.25) is 5.02 Å². The van der Waals surface area contributed by atoms with Gasteiger partial charge < -0.3 is 19.3 Å². The van der Waals surface area contributed by atoms with Crippen LogP contribution in [0, 0.1) is 19.7 Å². The first-order valence-electron chi connectivity index (χ1n) is 11.8. The Morgan fingerprint density at radius 1 is 1.22 bits per heavy atom. The lowest BCUT2D eigenvalue weighted by Crippen LogP contribution is -2.29. The second-order valence-corrected chi connectivity index (χ2v) is 9.57. The molecule has 0 radical (unpaired) electrons. The normalized spacial score (nSPS) is 11.7. The van der Waals surface area contributed by atoms with Crippen LogP contribution in [0.4, 0.5) is 15.8 Å². The molecule has 9 heteroatoms. The van der Waals surface area contributed by atoms with Crippen LogP contribution in [0.25, 0.3) is 16.8 Å². The number of rotatable bonds is 10. The van der Waals surface area contributed by atoms with E-state index in [2.05, 4.69) is 10.0 Å². The molecule has 6 nitrogen and oxygen atoms in total. The van der Waals surface area contributed by atoms with Gasteiger partial charge in [-0.1, -0.05) is 48.7 Å². The third kappa shape index (κ3) is 5.70. The monoisotopic (exact) mass is 543 g/mol. The highest BCUT2D eigenvalue weighted by atomic mass is 35.5. The van der Waals surface area contributed by atoms with Gasteiger partial charge in [-0.3, -0.25) is 9.59 Å². The first-order chi connectivity index (χ1) is 17.7. The number of aryl methyl sites for hydroxylation is 1. The zero-order chi connectivity index (χ0) is 27.3. The summed E-state index contributed by atoms with van der Waals surface area (Å²) >= 11 is 8.23. The smallest absolute Gasteiger partial charge is 0.263 e. The zero-order valence-corrected chi connectivity index (χ0v) is 23.4. The van der Waals surface area contributed by atoms with Crippen molar-refractivity contribution in [1.29, 1.82) is 0 Å². The number of hydrogen-bond acceptors (Lipinski definition) is 6. The number of hydrogen-bond donors (Lipinski definition) is 2. The molecule has 3 aromatic rings. The van der Waals surface area contributed by atoms with Crippen LogP contribution in [0.5, 0.6) is 5.75 Å². The summed E-state index contributed by atoms with van der Waals surface area (Å²) in [6, 6.07) is 10.3. The van der Waals surface area contributed by atoms with Crippen molar-refractivity contribution in [2.75, 3.05) is 23.4 Å². The van der Waals surface area contributed by atoms with Crippen LogP contribution in [0.15, 0.2) is 46.8 Å². The maximum Gasteiger partial charge on any atom is 0.263 e. The summed E-state index contributed by atoms with van der Waals surface area (Å²) in [5.74, 6) is -0.260. The van der Waals surface area contributed by atoms with Crippen LogP contribution in [0.1, 0.15) is 37.1 Å². The van der Waals surface area contributed by atoms with Crippen LogP contribution < -0.4 is 20.3 Å². The van der Waals surface area contributed by atoms with Crippen molar-refractivity contribution in [1.82, 2.24) is 4.57 Å². The number of benzene rings is 2. The molecule has 196 valence electrons. The minimum absolute atomic E-state index is 0.125. The molecule has 0 fully saturated rings. The predicted molar refractivity (Wildman–Crippen MR) is 153 cm³/mol. The molecule has 0 aliphatic heterocycles. The lowest BCUT2D eigenvalue weighted by atomic mass is 9.96. The summed E-state index contributed by atoms with van der Waals surface area (Å²) in [5, 5.41) is 3.46. The van der Waals surface area contributed by atoms with E-state index >= 15 is 0 Å². The number of allylic oxidation sites excluding steroid dienone is 1. The number of halogens is 2. The molecule has 0 unspecified atom stereocenters. The van der Waals surface area contributed by atoms with Crippen LogP contribution in [0.3, 0.4) is 0 Å². The van der Waals surface area contributed by atoms with E-state index in [-0.39, 0.29) is 33.8 Å². The summed E-state index contributed by atoms with van der Waals surface area (Å²) in [6.45, 7) is 7.59. The number of carbonyl (C=O) groups excluding carboxylic acids is 1. The molecule has 0 aliphatic carbocycles. The molecule has 0 saturated heterocycles. The maximum absolute atomic E-state index is 14.8. The molecule has 0 spiro atoms. The van der Waals surface area contributed by atoms with Gasteiger partial charge in [-0.25, -0.2) is 4.39 Å². The number of anilines is 2. The lowest BCUT2D eigenvalue weighted by Gasteiger charge is -2.24. The quantitative estimate of drug-likeness (QED) is 0.162. The number of carbonyl (C=O) groups is 1. The van der Waals surface area contributed by atoms with Gasteiger partial charge in [-0.2, -0.15) is 0 Å². The SMILES string of the molecule is CCCn1c(C)c(-c2cccc(NSC)c2Cl)c(OC)c(/C(Nc2ccc(C)cc2F)=C(/C)C=O)c1=O. The number of pyridine rings is 1. The van der Waals surface area contributed by atoms with E-state index in [1.807, 2.05) is 38.3 Å². The molecule has 2 N–H and O–H groups in total. The van der Waals surface area contributed by atoms with Gasteiger partial charge in [0.2, 0.25) is 0 Å². The Bertz CT molecular complexity index is 1420. The summed E-state index contributed by atoms with van der Waals surface area (Å²) in [6.07, 6.45) is 3.22. The highest BCUT2D eigenvalue weighted by molar-refractivity contribution is 7.99. The summed E-state index contributed by atoms with van der Waals surface area (Å²) < 4.78 is 25.5. The second kappa shape index (κ2) is 12.3. The lowest BCUT2D eigenvalue weighted by molar-refractivity contribution is -0.104. The Morgan fingerprint density at radius 2 is 1.95 bits per heavy atom. The van der Waals surface area contributed by atoms with Crippen molar-refractivity contribution in [3.63, 3.8) is 0 Å². The number of nitrogens with one attached hydrogen (secondary N) is 2. The molecule has 37 heavy (non-hydrogen) atoms. The van der Waals surface area contributed by atoms with Gasteiger partial charge in [0.05, 0.1) is 29.2 Å². The van der Waals surface area contributed by atoms with E-state index < -0.39 is 5.82 Å². The standard InChI is InChI=1S/C28H31ClFN3O3S/c1-7-13-33-18(4)23(19-9-8-10-22(25(19)29)32-37-6)27(36-5)24(28(33)35)26(17(3)15-34)31-21-12-11-16(2)14-20(21)30/h8-12,14-15,31-32H,7,13H2,1-6H3/b26-17+. The van der Waals surface area contributed by atoms with E-state index in [0.29, 0.717) is 46.8 Å². The molecule has 2 aromatic carbocycles. The number of aromatic nitrogens is 1. The largest absolute Gasteiger partial charge is 0.495 e.